The molecule has 0 N–H and O–H groups in total. The largest absolute Gasteiger partial charge is 0.312 e. The van der Waals surface area contributed by atoms with Crippen LogP contribution in [0.5, 0.6) is 0 Å². The molecule has 0 bridgehead atoms. The SMILES string of the molecule is C=CC1=C2B(c3cc(-c4ccccc4)ccc3N1c1ccccc1)c1ccccc1N(c1ccccc1)/C2=C/C. The van der Waals surface area contributed by atoms with Crippen LogP contribution in [0.15, 0.2) is 169 Å². The van der Waals surface area contributed by atoms with Gasteiger partial charge < -0.3 is 9.80 Å². The van der Waals surface area contributed by atoms with Crippen LogP contribution >= 0.6 is 0 Å². The molecular formula is C37H29BN2. The minimum atomic E-state index is 0.0639. The average molecular weight is 512 g/mol. The standard InChI is InChI=1S/C37H29BN2/c1-3-33-37-34(4-2)40(30-20-12-7-13-21-30)36-25-24-28(27-16-8-5-9-17-27)26-32(36)38(37)31-22-14-15-23-35(31)39(33)29-18-10-6-11-19-29/h3-26H,2H2,1H3/b33-3+. The van der Waals surface area contributed by atoms with Crippen molar-refractivity contribution < 1.29 is 0 Å². The molecule has 0 atom stereocenters. The van der Waals surface area contributed by atoms with E-state index < -0.39 is 0 Å². The van der Waals surface area contributed by atoms with E-state index in [1.807, 2.05) is 6.08 Å². The molecule has 0 radical (unpaired) electrons. The minimum absolute atomic E-state index is 0.0639. The van der Waals surface area contributed by atoms with E-state index in [1.54, 1.807) is 0 Å². The predicted molar refractivity (Wildman–Crippen MR) is 171 cm³/mol. The van der Waals surface area contributed by atoms with Crippen LogP contribution in [0.2, 0.25) is 0 Å². The lowest BCUT2D eigenvalue weighted by Gasteiger charge is -2.45. The van der Waals surface area contributed by atoms with Crippen molar-refractivity contribution >= 4 is 40.4 Å². The first kappa shape index (κ1) is 24.1. The second-order valence-corrected chi connectivity index (χ2v) is 10.2. The summed E-state index contributed by atoms with van der Waals surface area (Å²) in [5.74, 6) is 0. The molecule has 0 aromatic heterocycles. The summed E-state index contributed by atoms with van der Waals surface area (Å²) in [6.07, 6.45) is 4.29. The summed E-state index contributed by atoms with van der Waals surface area (Å²) in [4.78, 5) is 4.78. The van der Waals surface area contributed by atoms with Crippen LogP contribution in [0.4, 0.5) is 22.7 Å². The van der Waals surface area contributed by atoms with Crippen LogP contribution in [0.25, 0.3) is 11.1 Å². The molecule has 5 aromatic carbocycles. The Kier molecular flexibility index (Phi) is 5.98. The molecular weight excluding hydrogens is 483 g/mol. The predicted octanol–water partition coefficient (Wildman–Crippen LogP) is 8.15. The van der Waals surface area contributed by atoms with E-state index in [1.165, 1.54) is 44.6 Å². The third-order valence-corrected chi connectivity index (χ3v) is 7.99. The van der Waals surface area contributed by atoms with Crippen molar-refractivity contribution in [1.29, 1.82) is 0 Å². The van der Waals surface area contributed by atoms with Gasteiger partial charge in [-0.3, -0.25) is 0 Å². The van der Waals surface area contributed by atoms with Crippen molar-refractivity contribution in [2.45, 2.75) is 6.92 Å². The van der Waals surface area contributed by atoms with Gasteiger partial charge in [-0.05, 0) is 76.9 Å². The number of anilines is 4. The number of fused-ring (bicyclic) bond motifs is 5. The van der Waals surface area contributed by atoms with E-state index in [0.29, 0.717) is 0 Å². The number of hydrogen-bond acceptors (Lipinski definition) is 2. The molecule has 5 aromatic rings. The molecule has 0 saturated carbocycles. The quantitative estimate of drug-likeness (QED) is 0.224. The Morgan fingerprint density at radius 1 is 0.575 bits per heavy atom. The second kappa shape index (κ2) is 9.94. The molecule has 190 valence electrons. The third-order valence-electron chi connectivity index (χ3n) is 7.99. The van der Waals surface area contributed by atoms with Crippen molar-refractivity contribution in [3.05, 3.63) is 169 Å². The van der Waals surface area contributed by atoms with Gasteiger partial charge in [-0.25, -0.2) is 0 Å². The van der Waals surface area contributed by atoms with E-state index in [-0.39, 0.29) is 6.71 Å². The van der Waals surface area contributed by atoms with Gasteiger partial charge in [0.05, 0.1) is 0 Å². The number of benzene rings is 5. The number of allylic oxidation sites excluding steroid dienone is 3. The Balaban J connectivity index is 1.57. The summed E-state index contributed by atoms with van der Waals surface area (Å²) in [6.45, 7) is 6.58. The first-order valence-electron chi connectivity index (χ1n) is 13.8. The first-order chi connectivity index (χ1) is 19.8. The zero-order valence-corrected chi connectivity index (χ0v) is 22.5. The van der Waals surface area contributed by atoms with Crippen molar-refractivity contribution in [3.8, 4) is 11.1 Å². The second-order valence-electron chi connectivity index (χ2n) is 10.2. The van der Waals surface area contributed by atoms with Gasteiger partial charge in [0.25, 0.3) is 6.71 Å². The fourth-order valence-electron chi connectivity index (χ4n) is 6.34. The number of rotatable bonds is 4. The average Bonchev–Trinajstić information content (AvgIpc) is 3.04. The van der Waals surface area contributed by atoms with E-state index in [9.17, 15) is 0 Å². The summed E-state index contributed by atoms with van der Waals surface area (Å²) in [6, 6.07) is 47.8. The molecule has 2 heterocycles. The Bertz CT molecular complexity index is 1770. The molecule has 0 saturated heterocycles. The first-order valence-corrected chi connectivity index (χ1v) is 13.8. The van der Waals surface area contributed by atoms with Crippen LogP contribution in [0.3, 0.4) is 0 Å². The van der Waals surface area contributed by atoms with Gasteiger partial charge in [-0.15, -0.1) is 0 Å². The zero-order chi connectivity index (χ0) is 27.1. The molecule has 0 amide bonds. The highest BCUT2D eigenvalue weighted by Crippen LogP contribution is 2.44. The summed E-state index contributed by atoms with van der Waals surface area (Å²) >= 11 is 0. The minimum Gasteiger partial charge on any atom is -0.312 e. The number of hydrogen-bond donors (Lipinski definition) is 0. The molecule has 40 heavy (non-hydrogen) atoms. The van der Waals surface area contributed by atoms with Gasteiger partial charge in [0.2, 0.25) is 0 Å². The smallest absolute Gasteiger partial charge is 0.252 e. The molecule has 0 aliphatic carbocycles. The summed E-state index contributed by atoms with van der Waals surface area (Å²) < 4.78 is 0. The van der Waals surface area contributed by atoms with Crippen LogP contribution in [0, 0.1) is 0 Å². The molecule has 2 nitrogen and oxygen atoms in total. The summed E-state index contributed by atoms with van der Waals surface area (Å²) in [5, 5.41) is 0. The molecule has 2 aliphatic heterocycles. The van der Waals surface area contributed by atoms with E-state index >= 15 is 0 Å². The molecule has 7 rings (SSSR count). The van der Waals surface area contributed by atoms with Gasteiger partial charge in [0.15, 0.2) is 0 Å². The summed E-state index contributed by atoms with van der Waals surface area (Å²) in [7, 11) is 0. The summed E-state index contributed by atoms with van der Waals surface area (Å²) in [5.41, 5.74) is 13.3. The lowest BCUT2D eigenvalue weighted by atomic mass is 9.32. The van der Waals surface area contributed by atoms with Crippen LogP contribution in [-0.2, 0) is 0 Å². The van der Waals surface area contributed by atoms with Crippen LogP contribution < -0.4 is 20.7 Å². The lowest BCUT2D eigenvalue weighted by molar-refractivity contribution is 1.12. The van der Waals surface area contributed by atoms with Gasteiger partial charge in [-0.2, -0.15) is 0 Å². The molecule has 0 fully saturated rings. The molecule has 0 spiro atoms. The number of nitrogens with zero attached hydrogens (tertiary/aromatic N) is 2. The van der Waals surface area contributed by atoms with E-state index in [4.69, 9.17) is 0 Å². The van der Waals surface area contributed by atoms with Gasteiger partial charge in [-0.1, -0.05) is 110 Å². The van der Waals surface area contributed by atoms with Gasteiger partial charge >= 0.3 is 0 Å². The van der Waals surface area contributed by atoms with Crippen molar-refractivity contribution in [2.24, 2.45) is 0 Å². The fourth-order valence-corrected chi connectivity index (χ4v) is 6.34. The monoisotopic (exact) mass is 512 g/mol. The highest BCUT2D eigenvalue weighted by molar-refractivity contribution is 6.94. The van der Waals surface area contributed by atoms with Crippen LogP contribution in [-0.4, -0.2) is 6.71 Å². The Morgan fingerprint density at radius 3 is 1.80 bits per heavy atom. The molecule has 0 unspecified atom stereocenters. The Labute approximate surface area is 236 Å². The Morgan fingerprint density at radius 2 is 1.15 bits per heavy atom. The maximum absolute atomic E-state index is 4.37. The normalized spacial score (nSPS) is 15.0. The van der Waals surface area contributed by atoms with E-state index in [0.717, 1.165) is 17.1 Å². The highest BCUT2D eigenvalue weighted by atomic mass is 15.2. The highest BCUT2D eigenvalue weighted by Gasteiger charge is 2.44. The maximum Gasteiger partial charge on any atom is 0.252 e. The molecule has 2 aliphatic rings. The third kappa shape index (κ3) is 3.74. The molecule has 3 heteroatoms. The zero-order valence-electron chi connectivity index (χ0n) is 22.5. The Hall–Kier alpha value is -5.02. The van der Waals surface area contributed by atoms with Crippen molar-refractivity contribution in [2.75, 3.05) is 9.80 Å². The number of para-hydroxylation sites is 3. The van der Waals surface area contributed by atoms with Crippen LogP contribution in [0.1, 0.15) is 6.92 Å². The van der Waals surface area contributed by atoms with Gasteiger partial charge in [0.1, 0.15) is 0 Å². The van der Waals surface area contributed by atoms with E-state index in [2.05, 4.69) is 163 Å². The van der Waals surface area contributed by atoms with Gasteiger partial charge in [0, 0.05) is 34.1 Å². The van der Waals surface area contributed by atoms with Crippen molar-refractivity contribution in [1.82, 2.24) is 0 Å². The lowest BCUT2D eigenvalue weighted by Crippen LogP contribution is -2.56. The fraction of sp³-hybridized carbons (Fsp3) is 0.0270. The topological polar surface area (TPSA) is 6.48 Å². The maximum atomic E-state index is 4.37. The van der Waals surface area contributed by atoms with Crippen molar-refractivity contribution in [3.63, 3.8) is 0 Å².